The van der Waals surface area contributed by atoms with Crippen molar-refractivity contribution in [3.05, 3.63) is 63.5 Å². The second-order valence-corrected chi connectivity index (χ2v) is 10.5. The van der Waals surface area contributed by atoms with Crippen molar-refractivity contribution in [2.24, 2.45) is 0 Å². The molecule has 0 saturated heterocycles. The fraction of sp³-hybridized carbons (Fsp3) is 0.136. The average Bonchev–Trinajstić information content (AvgIpc) is 3.36. The second-order valence-electron chi connectivity index (χ2n) is 6.48. The van der Waals surface area contributed by atoms with Gasteiger partial charge >= 0.3 is 5.97 Å². The first-order chi connectivity index (χ1) is 15.5. The molecule has 2 aromatic heterocycles. The van der Waals surface area contributed by atoms with E-state index >= 15 is 0 Å². The van der Waals surface area contributed by atoms with Crippen molar-refractivity contribution >= 4 is 84.7 Å². The molecule has 4 rings (SSSR count). The van der Waals surface area contributed by atoms with Crippen LogP contribution in [0.15, 0.2) is 52.2 Å². The van der Waals surface area contributed by atoms with E-state index in [-0.39, 0.29) is 18.3 Å². The zero-order valence-electron chi connectivity index (χ0n) is 16.7. The first kappa shape index (κ1) is 23.1. The monoisotopic (exact) mass is 522 g/mol. The molecule has 0 atom stereocenters. The fourth-order valence-corrected chi connectivity index (χ4v) is 6.18. The SMILES string of the molecule is CCOC(=O)c1c(-c2ccccc2Cl)csc1NC(=O)CSc1nc2cc(Cl)ccc2s1. The molecule has 1 amide bonds. The third-order valence-electron chi connectivity index (χ3n) is 4.34. The summed E-state index contributed by atoms with van der Waals surface area (Å²) < 4.78 is 7.01. The molecule has 0 fully saturated rings. The minimum atomic E-state index is -0.505. The van der Waals surface area contributed by atoms with E-state index in [2.05, 4.69) is 10.3 Å². The van der Waals surface area contributed by atoms with Gasteiger partial charge in [0.1, 0.15) is 10.6 Å². The van der Waals surface area contributed by atoms with Gasteiger partial charge in [0.15, 0.2) is 4.34 Å². The van der Waals surface area contributed by atoms with Crippen LogP contribution in [-0.4, -0.2) is 29.2 Å². The molecule has 0 bridgehead atoms. The number of thiophene rings is 1. The quantitative estimate of drug-likeness (QED) is 0.204. The summed E-state index contributed by atoms with van der Waals surface area (Å²) in [6.07, 6.45) is 0. The number of carbonyl (C=O) groups is 2. The van der Waals surface area contributed by atoms with Gasteiger partial charge in [-0.3, -0.25) is 4.79 Å². The van der Waals surface area contributed by atoms with Crippen LogP contribution in [0.3, 0.4) is 0 Å². The molecule has 5 nitrogen and oxygen atoms in total. The largest absolute Gasteiger partial charge is 0.462 e. The molecule has 1 N–H and O–H groups in total. The summed E-state index contributed by atoms with van der Waals surface area (Å²) in [6.45, 7) is 1.96. The third-order valence-corrected chi connectivity index (χ3v) is 7.98. The van der Waals surface area contributed by atoms with Crippen LogP contribution >= 0.6 is 57.6 Å². The van der Waals surface area contributed by atoms with Crippen LogP contribution in [0.2, 0.25) is 10.0 Å². The zero-order valence-corrected chi connectivity index (χ0v) is 20.6. The highest BCUT2D eigenvalue weighted by Gasteiger charge is 2.24. The molecule has 4 aromatic rings. The molecule has 0 aliphatic heterocycles. The maximum atomic E-state index is 12.7. The highest BCUT2D eigenvalue weighted by atomic mass is 35.5. The topological polar surface area (TPSA) is 68.3 Å². The van der Waals surface area contributed by atoms with Crippen molar-refractivity contribution in [3.63, 3.8) is 0 Å². The third kappa shape index (κ3) is 5.10. The summed E-state index contributed by atoms with van der Waals surface area (Å²) in [5, 5.41) is 6.21. The van der Waals surface area contributed by atoms with Crippen LogP contribution in [0.1, 0.15) is 17.3 Å². The van der Waals surface area contributed by atoms with Crippen molar-refractivity contribution in [1.82, 2.24) is 4.98 Å². The minimum Gasteiger partial charge on any atom is -0.462 e. The Kier molecular flexibility index (Phi) is 7.37. The lowest BCUT2D eigenvalue weighted by Gasteiger charge is -2.09. The number of thiazole rings is 1. The standard InChI is InChI=1S/C22H16Cl2N2O3S3/c1-2-29-21(28)19-14(13-5-3-4-6-15(13)24)10-30-20(19)26-18(27)11-31-22-25-16-9-12(23)7-8-17(16)32-22/h3-10H,2,11H2,1H3,(H,26,27). The number of halogens is 2. The van der Waals surface area contributed by atoms with Gasteiger partial charge < -0.3 is 10.1 Å². The maximum absolute atomic E-state index is 12.7. The smallest absolute Gasteiger partial charge is 0.341 e. The molecular formula is C22H16Cl2N2O3S3. The van der Waals surface area contributed by atoms with Gasteiger partial charge in [-0.25, -0.2) is 9.78 Å². The Bertz CT molecular complexity index is 1300. The Morgan fingerprint density at radius 1 is 1.16 bits per heavy atom. The van der Waals surface area contributed by atoms with E-state index in [1.165, 1.54) is 34.4 Å². The molecule has 2 aromatic carbocycles. The van der Waals surface area contributed by atoms with E-state index in [0.717, 1.165) is 14.6 Å². The molecule has 0 spiro atoms. The number of carbonyl (C=O) groups excluding carboxylic acids is 2. The lowest BCUT2D eigenvalue weighted by Crippen LogP contribution is -2.16. The highest BCUT2D eigenvalue weighted by Crippen LogP contribution is 2.39. The van der Waals surface area contributed by atoms with Crippen LogP contribution in [-0.2, 0) is 9.53 Å². The van der Waals surface area contributed by atoms with Crippen LogP contribution in [0.25, 0.3) is 21.3 Å². The average molecular weight is 523 g/mol. The van der Waals surface area contributed by atoms with Gasteiger partial charge in [0.25, 0.3) is 0 Å². The van der Waals surface area contributed by atoms with Crippen molar-refractivity contribution in [2.75, 3.05) is 17.7 Å². The lowest BCUT2D eigenvalue weighted by molar-refractivity contribution is -0.113. The lowest BCUT2D eigenvalue weighted by atomic mass is 10.0. The van der Waals surface area contributed by atoms with Crippen LogP contribution in [0.5, 0.6) is 0 Å². The summed E-state index contributed by atoms with van der Waals surface area (Å²) in [5.74, 6) is -0.602. The second kappa shape index (κ2) is 10.2. The number of rotatable bonds is 7. The van der Waals surface area contributed by atoms with Gasteiger partial charge in [0.2, 0.25) is 5.91 Å². The van der Waals surface area contributed by atoms with E-state index in [1.54, 1.807) is 24.4 Å². The van der Waals surface area contributed by atoms with E-state index in [1.807, 2.05) is 30.3 Å². The van der Waals surface area contributed by atoms with Gasteiger partial charge in [-0.15, -0.1) is 22.7 Å². The van der Waals surface area contributed by atoms with Gasteiger partial charge in [-0.2, -0.15) is 0 Å². The maximum Gasteiger partial charge on any atom is 0.341 e. The Balaban J connectivity index is 1.53. The molecule has 0 aliphatic carbocycles. The Morgan fingerprint density at radius 3 is 2.75 bits per heavy atom. The number of benzene rings is 2. The number of aromatic nitrogens is 1. The van der Waals surface area contributed by atoms with Crippen LogP contribution in [0.4, 0.5) is 5.00 Å². The Labute approximate surface area is 206 Å². The van der Waals surface area contributed by atoms with Crippen molar-refractivity contribution in [1.29, 1.82) is 0 Å². The van der Waals surface area contributed by atoms with Crippen molar-refractivity contribution < 1.29 is 14.3 Å². The molecule has 0 saturated carbocycles. The summed E-state index contributed by atoms with van der Waals surface area (Å²) >= 11 is 16.4. The molecule has 32 heavy (non-hydrogen) atoms. The molecule has 10 heteroatoms. The zero-order chi connectivity index (χ0) is 22.7. The van der Waals surface area contributed by atoms with E-state index in [4.69, 9.17) is 27.9 Å². The number of nitrogens with one attached hydrogen (secondary N) is 1. The highest BCUT2D eigenvalue weighted by molar-refractivity contribution is 8.01. The van der Waals surface area contributed by atoms with Gasteiger partial charge in [-0.1, -0.05) is 53.2 Å². The number of esters is 1. The Hall–Kier alpha value is -2.10. The summed E-state index contributed by atoms with van der Waals surface area (Å²) in [4.78, 5) is 29.8. The molecule has 164 valence electrons. The predicted molar refractivity (Wildman–Crippen MR) is 135 cm³/mol. The molecule has 0 unspecified atom stereocenters. The number of fused-ring (bicyclic) bond motifs is 1. The number of hydrogen-bond donors (Lipinski definition) is 1. The van der Waals surface area contributed by atoms with E-state index < -0.39 is 5.97 Å². The van der Waals surface area contributed by atoms with E-state index in [0.29, 0.717) is 31.7 Å². The fourth-order valence-electron chi connectivity index (χ4n) is 2.96. The molecule has 2 heterocycles. The predicted octanol–water partition coefficient (Wildman–Crippen LogP) is 7.24. The summed E-state index contributed by atoms with van der Waals surface area (Å²) in [5.41, 5.74) is 2.44. The molecule has 0 radical (unpaired) electrons. The van der Waals surface area contributed by atoms with E-state index in [9.17, 15) is 9.59 Å². The normalized spacial score (nSPS) is 11.0. The number of ether oxygens (including phenoxy) is 1. The molecule has 0 aliphatic rings. The van der Waals surface area contributed by atoms with Crippen molar-refractivity contribution in [3.8, 4) is 11.1 Å². The molecular weight excluding hydrogens is 507 g/mol. The number of anilines is 1. The number of hydrogen-bond acceptors (Lipinski definition) is 7. The van der Waals surface area contributed by atoms with Crippen LogP contribution in [0, 0.1) is 0 Å². The van der Waals surface area contributed by atoms with Gasteiger partial charge in [0.05, 0.1) is 22.6 Å². The van der Waals surface area contributed by atoms with Crippen molar-refractivity contribution in [2.45, 2.75) is 11.3 Å². The summed E-state index contributed by atoms with van der Waals surface area (Å²) in [6, 6.07) is 12.8. The Morgan fingerprint density at radius 2 is 1.97 bits per heavy atom. The minimum absolute atomic E-state index is 0.148. The van der Waals surface area contributed by atoms with Gasteiger partial charge in [0, 0.05) is 26.6 Å². The summed E-state index contributed by atoms with van der Waals surface area (Å²) in [7, 11) is 0. The number of amides is 1. The first-order valence-electron chi connectivity index (χ1n) is 9.48. The number of nitrogens with zero attached hydrogens (tertiary/aromatic N) is 1. The van der Waals surface area contributed by atoms with Gasteiger partial charge in [-0.05, 0) is 31.2 Å². The number of thioether (sulfide) groups is 1. The van der Waals surface area contributed by atoms with Crippen LogP contribution < -0.4 is 5.32 Å². The first-order valence-corrected chi connectivity index (χ1v) is 12.9.